The van der Waals surface area contributed by atoms with Crippen LogP contribution < -0.4 is 5.32 Å². The summed E-state index contributed by atoms with van der Waals surface area (Å²) in [6, 6.07) is 3.22. The third-order valence-electron chi connectivity index (χ3n) is 2.68. The van der Waals surface area contributed by atoms with E-state index in [1.54, 1.807) is 13.1 Å². The van der Waals surface area contributed by atoms with Gasteiger partial charge >= 0.3 is 0 Å². The molecule has 0 spiro atoms. The highest BCUT2D eigenvalue weighted by Crippen LogP contribution is 2.18. The molecule has 0 amide bonds. The number of sulfonamides is 1. The molecule has 0 saturated heterocycles. The van der Waals surface area contributed by atoms with E-state index < -0.39 is 10.0 Å². The Morgan fingerprint density at radius 1 is 1.33 bits per heavy atom. The monoisotopic (exact) mass is 274 g/mol. The standard InChI is InChI=1S/C12H22N2O3S/c1-4-6-9-14(3)18(15,16)12-8-7-11(17-12)10-13-5-2/h7-8,13H,4-6,9-10H2,1-3H3. The summed E-state index contributed by atoms with van der Waals surface area (Å²) < 4.78 is 31.0. The number of hydrogen-bond acceptors (Lipinski definition) is 4. The van der Waals surface area contributed by atoms with Crippen molar-refractivity contribution in [2.24, 2.45) is 0 Å². The molecule has 0 aliphatic carbocycles. The van der Waals surface area contributed by atoms with E-state index in [-0.39, 0.29) is 5.09 Å². The first-order valence-electron chi connectivity index (χ1n) is 6.28. The van der Waals surface area contributed by atoms with E-state index in [1.165, 1.54) is 10.4 Å². The molecule has 0 aromatic carbocycles. The molecule has 5 nitrogen and oxygen atoms in total. The van der Waals surface area contributed by atoms with Crippen LogP contribution in [0.25, 0.3) is 0 Å². The number of rotatable bonds is 8. The van der Waals surface area contributed by atoms with Gasteiger partial charge in [-0.3, -0.25) is 0 Å². The van der Waals surface area contributed by atoms with Gasteiger partial charge in [0, 0.05) is 13.6 Å². The Bertz CT molecular complexity index is 454. The lowest BCUT2D eigenvalue weighted by Crippen LogP contribution is -2.27. The largest absolute Gasteiger partial charge is 0.447 e. The highest BCUT2D eigenvalue weighted by molar-refractivity contribution is 7.89. The number of nitrogens with zero attached hydrogens (tertiary/aromatic N) is 1. The molecular weight excluding hydrogens is 252 g/mol. The van der Waals surface area contributed by atoms with Crippen LogP contribution in [0, 0.1) is 0 Å². The maximum absolute atomic E-state index is 12.1. The fourth-order valence-electron chi connectivity index (χ4n) is 1.49. The molecule has 0 fully saturated rings. The van der Waals surface area contributed by atoms with E-state index in [9.17, 15) is 8.42 Å². The van der Waals surface area contributed by atoms with Crippen LogP contribution in [0.3, 0.4) is 0 Å². The Hall–Kier alpha value is -0.850. The zero-order valence-corrected chi connectivity index (χ0v) is 12.1. The van der Waals surface area contributed by atoms with E-state index in [1.807, 2.05) is 13.8 Å². The minimum atomic E-state index is -3.48. The molecule has 18 heavy (non-hydrogen) atoms. The van der Waals surface area contributed by atoms with Crippen molar-refractivity contribution in [2.75, 3.05) is 20.1 Å². The second-order valence-electron chi connectivity index (χ2n) is 4.18. The molecule has 1 heterocycles. The molecule has 0 aliphatic heterocycles. The minimum Gasteiger partial charge on any atom is -0.447 e. The van der Waals surface area contributed by atoms with Crippen LogP contribution in [0.2, 0.25) is 0 Å². The predicted octanol–water partition coefficient (Wildman–Crippen LogP) is 1.81. The van der Waals surface area contributed by atoms with Crippen LogP contribution in [0.5, 0.6) is 0 Å². The Labute approximate surface area is 109 Å². The molecule has 0 bridgehead atoms. The Morgan fingerprint density at radius 2 is 2.06 bits per heavy atom. The third-order valence-corrected chi connectivity index (χ3v) is 4.41. The van der Waals surface area contributed by atoms with Crippen molar-refractivity contribution in [2.45, 2.75) is 38.3 Å². The van der Waals surface area contributed by atoms with E-state index >= 15 is 0 Å². The lowest BCUT2D eigenvalue weighted by Gasteiger charge is -2.14. The van der Waals surface area contributed by atoms with Crippen LogP contribution in [-0.4, -0.2) is 32.9 Å². The summed E-state index contributed by atoms with van der Waals surface area (Å²) in [6.07, 6.45) is 1.81. The van der Waals surface area contributed by atoms with Gasteiger partial charge in [-0.05, 0) is 25.1 Å². The Kier molecular flexibility index (Phi) is 5.84. The van der Waals surface area contributed by atoms with E-state index in [4.69, 9.17) is 4.42 Å². The molecule has 104 valence electrons. The van der Waals surface area contributed by atoms with Crippen molar-refractivity contribution in [3.63, 3.8) is 0 Å². The van der Waals surface area contributed by atoms with Gasteiger partial charge in [-0.25, -0.2) is 8.42 Å². The molecule has 0 atom stereocenters. The van der Waals surface area contributed by atoms with Crippen LogP contribution in [0.1, 0.15) is 32.4 Å². The Morgan fingerprint density at radius 3 is 2.67 bits per heavy atom. The van der Waals surface area contributed by atoms with E-state index in [0.29, 0.717) is 18.8 Å². The fraction of sp³-hybridized carbons (Fsp3) is 0.667. The third kappa shape index (κ3) is 3.83. The van der Waals surface area contributed by atoms with Crippen LogP contribution >= 0.6 is 0 Å². The average molecular weight is 274 g/mol. The second-order valence-corrected chi connectivity index (χ2v) is 6.16. The van der Waals surface area contributed by atoms with Gasteiger partial charge in [0.15, 0.2) is 0 Å². The molecule has 6 heteroatoms. The summed E-state index contributed by atoms with van der Waals surface area (Å²) in [7, 11) is -1.90. The van der Waals surface area contributed by atoms with Crippen molar-refractivity contribution in [3.8, 4) is 0 Å². The number of unbranched alkanes of at least 4 members (excludes halogenated alkanes) is 1. The minimum absolute atomic E-state index is 0.0222. The van der Waals surface area contributed by atoms with Crippen molar-refractivity contribution in [1.82, 2.24) is 9.62 Å². The molecule has 0 aliphatic rings. The second kappa shape index (κ2) is 6.92. The quantitative estimate of drug-likeness (QED) is 0.785. The zero-order chi connectivity index (χ0) is 13.6. The van der Waals surface area contributed by atoms with E-state index in [2.05, 4.69) is 5.32 Å². The normalized spacial score (nSPS) is 12.2. The fourth-order valence-corrected chi connectivity index (χ4v) is 2.62. The highest BCUT2D eigenvalue weighted by atomic mass is 32.2. The molecule has 1 rings (SSSR count). The van der Waals surface area contributed by atoms with Gasteiger partial charge in [-0.15, -0.1) is 0 Å². The summed E-state index contributed by atoms with van der Waals surface area (Å²) in [6.45, 7) is 5.90. The molecule has 0 unspecified atom stereocenters. The van der Waals surface area contributed by atoms with Gasteiger partial charge in [-0.1, -0.05) is 20.3 Å². The summed E-state index contributed by atoms with van der Waals surface area (Å²) in [5.41, 5.74) is 0. The van der Waals surface area contributed by atoms with Gasteiger partial charge < -0.3 is 9.73 Å². The van der Waals surface area contributed by atoms with E-state index in [0.717, 1.165) is 19.4 Å². The number of nitrogens with one attached hydrogen (secondary N) is 1. The zero-order valence-electron chi connectivity index (χ0n) is 11.3. The predicted molar refractivity (Wildman–Crippen MR) is 70.8 cm³/mol. The van der Waals surface area contributed by atoms with Crippen molar-refractivity contribution >= 4 is 10.0 Å². The first-order valence-corrected chi connectivity index (χ1v) is 7.72. The van der Waals surface area contributed by atoms with Crippen LogP contribution in [0.15, 0.2) is 21.6 Å². The molecule has 1 aromatic rings. The first-order chi connectivity index (χ1) is 8.52. The van der Waals surface area contributed by atoms with Gasteiger partial charge in [0.25, 0.3) is 10.0 Å². The maximum atomic E-state index is 12.1. The van der Waals surface area contributed by atoms with Gasteiger partial charge in [0.1, 0.15) is 5.76 Å². The number of hydrogen-bond donors (Lipinski definition) is 1. The lowest BCUT2D eigenvalue weighted by molar-refractivity contribution is 0.379. The van der Waals surface area contributed by atoms with Crippen LogP contribution in [0.4, 0.5) is 0 Å². The van der Waals surface area contributed by atoms with Crippen molar-refractivity contribution in [3.05, 3.63) is 17.9 Å². The first kappa shape index (κ1) is 15.2. The lowest BCUT2D eigenvalue weighted by atomic mass is 10.3. The SMILES string of the molecule is CCCCN(C)S(=O)(=O)c1ccc(CNCC)o1. The summed E-state index contributed by atoms with van der Waals surface area (Å²) >= 11 is 0. The summed E-state index contributed by atoms with van der Waals surface area (Å²) in [5, 5.41) is 3.11. The molecule has 1 N–H and O–H groups in total. The van der Waals surface area contributed by atoms with Gasteiger partial charge in [0.05, 0.1) is 6.54 Å². The average Bonchev–Trinajstić information content (AvgIpc) is 2.82. The van der Waals surface area contributed by atoms with Crippen molar-refractivity contribution in [1.29, 1.82) is 0 Å². The van der Waals surface area contributed by atoms with Gasteiger partial charge in [-0.2, -0.15) is 4.31 Å². The topological polar surface area (TPSA) is 62.6 Å². The Balaban J connectivity index is 2.75. The summed E-state index contributed by atoms with van der Waals surface area (Å²) in [5.74, 6) is 0.638. The smallest absolute Gasteiger partial charge is 0.276 e. The highest BCUT2D eigenvalue weighted by Gasteiger charge is 2.23. The number of furan rings is 1. The van der Waals surface area contributed by atoms with Crippen molar-refractivity contribution < 1.29 is 12.8 Å². The summed E-state index contributed by atoms with van der Waals surface area (Å²) in [4.78, 5) is 0. The van der Waals surface area contributed by atoms with Crippen LogP contribution in [-0.2, 0) is 16.6 Å². The molecular formula is C12H22N2O3S. The molecule has 1 aromatic heterocycles. The maximum Gasteiger partial charge on any atom is 0.276 e. The molecule has 0 radical (unpaired) electrons. The molecule has 0 saturated carbocycles. The van der Waals surface area contributed by atoms with Gasteiger partial charge in [0.2, 0.25) is 5.09 Å².